The van der Waals surface area contributed by atoms with Crippen molar-refractivity contribution in [3.05, 3.63) is 29.8 Å². The maximum Gasteiger partial charge on any atom is 0.237 e. The molecule has 0 aromatic heterocycles. The third-order valence-electron chi connectivity index (χ3n) is 4.42. The Morgan fingerprint density at radius 3 is 2.27 bits per heavy atom. The lowest BCUT2D eigenvalue weighted by Gasteiger charge is -2.32. The molecule has 0 heterocycles. The molecule has 152 valence electrons. The monoisotopic (exact) mass is 407 g/mol. The van der Waals surface area contributed by atoms with Gasteiger partial charge in [-0.3, -0.25) is 9.69 Å². The number of hydrogen-bond donors (Lipinski definition) is 2. The number of nitrogens with one attached hydrogen (secondary N) is 1. The highest BCUT2D eigenvalue weighted by Gasteiger charge is 2.28. The van der Waals surface area contributed by atoms with E-state index in [0.717, 1.165) is 24.4 Å². The molecule has 0 spiro atoms. The Balaban J connectivity index is 0. The molecule has 1 aromatic rings. The molecule has 0 fully saturated rings. The van der Waals surface area contributed by atoms with Crippen LogP contribution in [0.4, 0.5) is 0 Å². The number of nitrogens with zero attached hydrogens (tertiary/aromatic N) is 1. The van der Waals surface area contributed by atoms with Crippen LogP contribution < -0.4 is 15.8 Å². The topological polar surface area (TPSA) is 67.6 Å². The Morgan fingerprint density at radius 1 is 1.23 bits per heavy atom. The van der Waals surface area contributed by atoms with Gasteiger partial charge in [-0.25, -0.2) is 0 Å². The van der Waals surface area contributed by atoms with Gasteiger partial charge in [0.2, 0.25) is 5.91 Å². The van der Waals surface area contributed by atoms with E-state index in [9.17, 15) is 4.79 Å². The van der Waals surface area contributed by atoms with Gasteiger partial charge >= 0.3 is 0 Å². The van der Waals surface area contributed by atoms with Gasteiger partial charge in [-0.05, 0) is 36.2 Å². The molecule has 1 unspecified atom stereocenters. The second kappa shape index (κ2) is 12.4. The number of nitrogens with two attached hydrogens (primary N) is 1. The van der Waals surface area contributed by atoms with Crippen LogP contribution in [0.3, 0.4) is 0 Å². The Hall–Kier alpha value is -1.01. The van der Waals surface area contributed by atoms with Crippen molar-refractivity contribution in [3.8, 4) is 5.75 Å². The molecule has 1 aromatic carbocycles. The normalized spacial score (nSPS) is 13.2. The molecular formula is C19H35Cl2N3O2. The Morgan fingerprint density at radius 2 is 1.81 bits per heavy atom. The van der Waals surface area contributed by atoms with Crippen molar-refractivity contribution in [3.63, 3.8) is 0 Å². The lowest BCUT2D eigenvalue weighted by Crippen LogP contribution is -2.50. The van der Waals surface area contributed by atoms with E-state index in [1.54, 1.807) is 7.11 Å². The summed E-state index contributed by atoms with van der Waals surface area (Å²) in [6.45, 7) is 12.5. The fourth-order valence-electron chi connectivity index (χ4n) is 2.67. The van der Waals surface area contributed by atoms with E-state index in [1.807, 2.05) is 39.0 Å². The van der Waals surface area contributed by atoms with E-state index >= 15 is 0 Å². The molecule has 26 heavy (non-hydrogen) atoms. The van der Waals surface area contributed by atoms with E-state index in [-0.39, 0.29) is 42.2 Å². The average Bonchev–Trinajstić information content (AvgIpc) is 2.56. The molecule has 0 radical (unpaired) electrons. The summed E-state index contributed by atoms with van der Waals surface area (Å²) in [6, 6.07) is 7.57. The molecule has 5 nitrogen and oxygen atoms in total. The molecule has 0 saturated heterocycles. The first-order chi connectivity index (χ1) is 11.2. The zero-order valence-electron chi connectivity index (χ0n) is 16.7. The van der Waals surface area contributed by atoms with Crippen LogP contribution >= 0.6 is 24.8 Å². The summed E-state index contributed by atoms with van der Waals surface area (Å²) in [5.74, 6) is 0.713. The first-order valence-electron chi connectivity index (χ1n) is 8.65. The molecule has 1 amide bonds. The molecular weight excluding hydrogens is 373 g/mol. The van der Waals surface area contributed by atoms with Gasteiger partial charge in [-0.2, -0.15) is 0 Å². The number of likely N-dealkylation sites (N-methyl/N-ethyl adjacent to an activating group) is 1. The molecule has 7 heteroatoms. The van der Waals surface area contributed by atoms with Gasteiger partial charge in [0.25, 0.3) is 0 Å². The Kier molecular flexibility index (Phi) is 13.0. The van der Waals surface area contributed by atoms with Crippen LogP contribution in [0.2, 0.25) is 0 Å². The quantitative estimate of drug-likeness (QED) is 0.692. The zero-order chi connectivity index (χ0) is 18.3. The second-order valence-electron chi connectivity index (χ2n) is 7.10. The summed E-state index contributed by atoms with van der Waals surface area (Å²) in [6.07, 6.45) is 0. The largest absolute Gasteiger partial charge is 0.497 e. The van der Waals surface area contributed by atoms with Crippen molar-refractivity contribution in [1.29, 1.82) is 0 Å². The van der Waals surface area contributed by atoms with Gasteiger partial charge in [0.15, 0.2) is 0 Å². The number of carbonyl (C=O) groups is 1. The minimum Gasteiger partial charge on any atom is -0.497 e. The third-order valence-corrected chi connectivity index (χ3v) is 4.42. The number of methoxy groups -OCH3 is 1. The molecule has 2 atom stereocenters. The number of benzene rings is 1. The summed E-state index contributed by atoms with van der Waals surface area (Å²) in [4.78, 5) is 14.7. The lowest BCUT2D eigenvalue weighted by molar-refractivity contribution is -0.124. The molecule has 0 aliphatic rings. The number of rotatable bonds is 8. The molecule has 0 bridgehead atoms. The minimum atomic E-state index is -0.528. The summed E-state index contributed by atoms with van der Waals surface area (Å²) >= 11 is 0. The van der Waals surface area contributed by atoms with Crippen molar-refractivity contribution in [1.82, 2.24) is 10.2 Å². The van der Waals surface area contributed by atoms with E-state index in [0.29, 0.717) is 6.54 Å². The smallest absolute Gasteiger partial charge is 0.237 e. The summed E-state index contributed by atoms with van der Waals surface area (Å²) < 4.78 is 5.33. The van der Waals surface area contributed by atoms with Crippen molar-refractivity contribution in [2.24, 2.45) is 11.1 Å². The van der Waals surface area contributed by atoms with Crippen molar-refractivity contribution < 1.29 is 9.53 Å². The standard InChI is InChI=1S/C19H33N3O2.2ClH/c1-7-22(8-2)16(14-10-9-11-15(12-14)24-6)13-21-18(23)17(20)19(3,4)5;;/h9-12,16-17H,7-8,13,20H2,1-6H3,(H,21,23);2*1H/t16?,17-;;/m1../s1. The minimum absolute atomic E-state index is 0. The number of ether oxygens (including phenoxy) is 1. The number of carbonyl (C=O) groups excluding carboxylic acids is 1. The van der Waals surface area contributed by atoms with Gasteiger partial charge in [-0.1, -0.05) is 46.8 Å². The molecule has 0 aliphatic carbocycles. The second-order valence-corrected chi connectivity index (χ2v) is 7.10. The highest BCUT2D eigenvalue weighted by atomic mass is 35.5. The van der Waals surface area contributed by atoms with E-state index < -0.39 is 6.04 Å². The number of hydrogen-bond acceptors (Lipinski definition) is 4. The molecule has 1 rings (SSSR count). The molecule has 3 N–H and O–H groups in total. The van der Waals surface area contributed by atoms with Crippen LogP contribution in [0.25, 0.3) is 0 Å². The predicted octanol–water partition coefficient (Wildman–Crippen LogP) is 3.41. The third kappa shape index (κ3) is 7.70. The highest BCUT2D eigenvalue weighted by Crippen LogP contribution is 2.24. The SMILES string of the molecule is CCN(CC)C(CNC(=O)[C@@H](N)C(C)(C)C)c1cccc(OC)c1.Cl.Cl. The van der Waals surface area contributed by atoms with Gasteiger partial charge in [0, 0.05) is 6.54 Å². The Bertz CT molecular complexity index is 532. The van der Waals surface area contributed by atoms with E-state index in [2.05, 4.69) is 30.1 Å². The van der Waals surface area contributed by atoms with Gasteiger partial charge in [-0.15, -0.1) is 24.8 Å². The number of amides is 1. The first-order valence-corrected chi connectivity index (χ1v) is 8.65. The van der Waals surface area contributed by atoms with E-state index in [1.165, 1.54) is 0 Å². The lowest BCUT2D eigenvalue weighted by atomic mass is 9.87. The molecule has 0 saturated carbocycles. The van der Waals surface area contributed by atoms with Crippen molar-refractivity contribution in [2.75, 3.05) is 26.7 Å². The predicted molar refractivity (Wildman–Crippen MR) is 114 cm³/mol. The Labute approximate surface area is 170 Å². The van der Waals surface area contributed by atoms with Crippen LogP contribution in [-0.4, -0.2) is 43.6 Å². The van der Waals surface area contributed by atoms with Gasteiger partial charge in [0.05, 0.1) is 19.2 Å². The fourth-order valence-corrected chi connectivity index (χ4v) is 2.67. The fraction of sp³-hybridized carbons (Fsp3) is 0.632. The van der Waals surface area contributed by atoms with Crippen LogP contribution in [0.15, 0.2) is 24.3 Å². The molecule has 0 aliphatic heterocycles. The first kappa shape index (κ1) is 27.2. The van der Waals surface area contributed by atoms with Crippen LogP contribution in [0.1, 0.15) is 46.2 Å². The van der Waals surface area contributed by atoms with Crippen LogP contribution in [0.5, 0.6) is 5.75 Å². The summed E-state index contributed by atoms with van der Waals surface area (Å²) in [5, 5.41) is 3.03. The maximum atomic E-state index is 12.4. The summed E-state index contributed by atoms with van der Waals surface area (Å²) in [5.41, 5.74) is 6.93. The van der Waals surface area contributed by atoms with Crippen LogP contribution in [0, 0.1) is 5.41 Å². The zero-order valence-corrected chi connectivity index (χ0v) is 18.4. The maximum absolute atomic E-state index is 12.4. The van der Waals surface area contributed by atoms with Gasteiger partial charge < -0.3 is 15.8 Å². The average molecular weight is 408 g/mol. The summed E-state index contributed by atoms with van der Waals surface area (Å²) in [7, 11) is 1.66. The van der Waals surface area contributed by atoms with Gasteiger partial charge in [0.1, 0.15) is 5.75 Å². The van der Waals surface area contributed by atoms with Crippen LogP contribution in [-0.2, 0) is 4.79 Å². The van der Waals surface area contributed by atoms with Crippen molar-refractivity contribution >= 4 is 30.7 Å². The van der Waals surface area contributed by atoms with Crippen molar-refractivity contribution in [2.45, 2.75) is 46.7 Å². The van der Waals surface area contributed by atoms with E-state index in [4.69, 9.17) is 10.5 Å². The number of halogens is 2. The highest BCUT2D eigenvalue weighted by molar-refractivity contribution is 5.85.